The molecule has 0 radical (unpaired) electrons. The zero-order chi connectivity index (χ0) is 20.6. The fourth-order valence-electron chi connectivity index (χ4n) is 2.92. The Bertz CT molecular complexity index is 942. The molecule has 0 fully saturated rings. The maximum absolute atomic E-state index is 12.8. The summed E-state index contributed by atoms with van der Waals surface area (Å²) in [7, 11) is 0. The van der Waals surface area contributed by atoms with Crippen LogP contribution in [0.1, 0.15) is 41.4 Å². The van der Waals surface area contributed by atoms with Gasteiger partial charge in [0.15, 0.2) is 0 Å². The van der Waals surface area contributed by atoms with Crippen LogP contribution in [0.5, 0.6) is 11.5 Å². The molecule has 0 heterocycles. The smallest absolute Gasteiger partial charge is 0.251 e. The number of carbonyl (C=O) groups excluding carboxylic acids is 1. The summed E-state index contributed by atoms with van der Waals surface area (Å²) in [5.74, 6) is 1.32. The number of hydrogen-bond acceptors (Lipinski definition) is 3. The highest BCUT2D eigenvalue weighted by Crippen LogP contribution is 2.23. The van der Waals surface area contributed by atoms with Gasteiger partial charge in [-0.15, -0.1) is 0 Å². The van der Waals surface area contributed by atoms with Crippen molar-refractivity contribution in [3.63, 3.8) is 0 Å². The molecule has 1 atom stereocenters. The Morgan fingerprint density at radius 1 is 1.00 bits per heavy atom. The second-order valence-corrected chi connectivity index (χ2v) is 7.04. The van der Waals surface area contributed by atoms with Crippen molar-refractivity contribution in [3.05, 3.63) is 94.5 Å². The first-order valence-electron chi connectivity index (χ1n) is 9.56. The Hall–Kier alpha value is -2.98. The molecular formula is C24H24ClNO3. The van der Waals surface area contributed by atoms with Crippen LogP contribution in [0, 0.1) is 0 Å². The van der Waals surface area contributed by atoms with E-state index in [4.69, 9.17) is 21.1 Å². The summed E-state index contributed by atoms with van der Waals surface area (Å²) in [4.78, 5) is 12.8. The molecule has 1 unspecified atom stereocenters. The van der Waals surface area contributed by atoms with Crippen LogP contribution in [0.15, 0.2) is 72.8 Å². The Morgan fingerprint density at radius 3 is 2.41 bits per heavy atom. The van der Waals surface area contributed by atoms with Gasteiger partial charge >= 0.3 is 0 Å². The average molecular weight is 410 g/mol. The minimum absolute atomic E-state index is 0.143. The molecule has 0 bridgehead atoms. The summed E-state index contributed by atoms with van der Waals surface area (Å²) < 4.78 is 11.5. The van der Waals surface area contributed by atoms with Crippen molar-refractivity contribution in [3.8, 4) is 11.5 Å². The highest BCUT2D eigenvalue weighted by molar-refractivity contribution is 6.30. The van der Waals surface area contributed by atoms with E-state index >= 15 is 0 Å². The monoisotopic (exact) mass is 409 g/mol. The molecule has 0 aromatic heterocycles. The molecule has 0 spiro atoms. The van der Waals surface area contributed by atoms with E-state index in [-0.39, 0.29) is 11.9 Å². The van der Waals surface area contributed by atoms with Crippen LogP contribution < -0.4 is 14.8 Å². The summed E-state index contributed by atoms with van der Waals surface area (Å²) in [6, 6.07) is 22.3. The molecule has 3 rings (SSSR count). The topological polar surface area (TPSA) is 47.6 Å². The van der Waals surface area contributed by atoms with Crippen molar-refractivity contribution >= 4 is 17.5 Å². The van der Waals surface area contributed by atoms with Crippen LogP contribution in [0.4, 0.5) is 0 Å². The number of rotatable bonds is 8. The molecule has 5 heteroatoms. The van der Waals surface area contributed by atoms with E-state index in [1.165, 1.54) is 0 Å². The molecule has 3 aromatic rings. The lowest BCUT2D eigenvalue weighted by Crippen LogP contribution is -2.26. The van der Waals surface area contributed by atoms with E-state index in [1.807, 2.05) is 80.6 Å². The summed E-state index contributed by atoms with van der Waals surface area (Å²) in [5.41, 5.74) is 2.37. The minimum atomic E-state index is -0.156. The van der Waals surface area contributed by atoms with Gasteiger partial charge < -0.3 is 14.8 Å². The summed E-state index contributed by atoms with van der Waals surface area (Å²) in [6.45, 7) is 4.72. The van der Waals surface area contributed by atoms with Gasteiger partial charge in [-0.05, 0) is 61.9 Å². The first-order chi connectivity index (χ1) is 14.1. The molecule has 150 valence electrons. The summed E-state index contributed by atoms with van der Waals surface area (Å²) in [6.07, 6.45) is 0. The summed E-state index contributed by atoms with van der Waals surface area (Å²) >= 11 is 5.94. The van der Waals surface area contributed by atoms with Crippen LogP contribution >= 0.6 is 11.6 Å². The lowest BCUT2D eigenvalue weighted by atomic mass is 10.1. The van der Waals surface area contributed by atoms with Crippen molar-refractivity contribution in [2.75, 3.05) is 6.61 Å². The second kappa shape index (κ2) is 9.99. The van der Waals surface area contributed by atoms with Crippen LogP contribution in [0.3, 0.4) is 0 Å². The second-order valence-electron chi connectivity index (χ2n) is 6.60. The molecule has 0 aliphatic carbocycles. The molecule has 0 aliphatic rings. The molecule has 1 amide bonds. The van der Waals surface area contributed by atoms with Gasteiger partial charge in [-0.3, -0.25) is 4.79 Å². The fraction of sp³-hybridized carbons (Fsp3) is 0.208. The molecule has 4 nitrogen and oxygen atoms in total. The lowest BCUT2D eigenvalue weighted by molar-refractivity contribution is 0.0939. The normalized spacial score (nSPS) is 11.6. The predicted molar refractivity (Wildman–Crippen MR) is 116 cm³/mol. The van der Waals surface area contributed by atoms with Crippen molar-refractivity contribution in [1.29, 1.82) is 0 Å². The van der Waals surface area contributed by atoms with Gasteiger partial charge in [0.1, 0.15) is 18.1 Å². The van der Waals surface area contributed by atoms with Crippen molar-refractivity contribution < 1.29 is 14.3 Å². The standard InChI is InChI=1S/C24H24ClNO3/c1-3-28-23-14-11-19(15-20(23)16-29-22-7-5-4-6-8-22)24(27)26-17(2)18-9-12-21(25)13-10-18/h4-15,17H,3,16H2,1-2H3,(H,26,27). The molecule has 0 saturated carbocycles. The number of para-hydroxylation sites is 1. The van der Waals surface area contributed by atoms with Gasteiger partial charge in [0.25, 0.3) is 5.91 Å². The Balaban J connectivity index is 1.74. The molecular weight excluding hydrogens is 386 g/mol. The number of benzene rings is 3. The van der Waals surface area contributed by atoms with Crippen molar-refractivity contribution in [2.45, 2.75) is 26.5 Å². The maximum atomic E-state index is 12.8. The lowest BCUT2D eigenvalue weighted by Gasteiger charge is -2.16. The first kappa shape index (κ1) is 20.7. The SMILES string of the molecule is CCOc1ccc(C(=O)NC(C)c2ccc(Cl)cc2)cc1COc1ccccc1. The van der Waals surface area contributed by atoms with Gasteiger partial charge in [0.05, 0.1) is 12.6 Å². The molecule has 29 heavy (non-hydrogen) atoms. The molecule has 0 aliphatic heterocycles. The number of nitrogens with one attached hydrogen (secondary N) is 1. The Kier molecular flexibility index (Phi) is 7.14. The van der Waals surface area contributed by atoms with Gasteiger partial charge in [0, 0.05) is 16.1 Å². The van der Waals surface area contributed by atoms with E-state index in [9.17, 15) is 4.79 Å². The van der Waals surface area contributed by atoms with E-state index in [0.717, 1.165) is 16.9 Å². The highest BCUT2D eigenvalue weighted by Gasteiger charge is 2.14. The largest absolute Gasteiger partial charge is 0.493 e. The van der Waals surface area contributed by atoms with Gasteiger partial charge in [0.2, 0.25) is 0 Å². The van der Waals surface area contributed by atoms with E-state index in [1.54, 1.807) is 6.07 Å². The Morgan fingerprint density at radius 2 is 1.72 bits per heavy atom. The fourth-order valence-corrected chi connectivity index (χ4v) is 3.05. The van der Waals surface area contributed by atoms with Crippen molar-refractivity contribution in [1.82, 2.24) is 5.32 Å². The molecule has 3 aromatic carbocycles. The van der Waals surface area contributed by atoms with Crippen LogP contribution in [0.2, 0.25) is 5.02 Å². The van der Waals surface area contributed by atoms with E-state index in [2.05, 4.69) is 5.32 Å². The summed E-state index contributed by atoms with van der Waals surface area (Å²) in [5, 5.41) is 3.69. The molecule has 1 N–H and O–H groups in total. The maximum Gasteiger partial charge on any atom is 0.251 e. The zero-order valence-corrected chi connectivity index (χ0v) is 17.3. The number of halogens is 1. The Labute approximate surface area is 176 Å². The van der Waals surface area contributed by atoms with Crippen LogP contribution in [0.25, 0.3) is 0 Å². The highest BCUT2D eigenvalue weighted by atomic mass is 35.5. The minimum Gasteiger partial charge on any atom is -0.493 e. The first-order valence-corrected chi connectivity index (χ1v) is 9.94. The predicted octanol–water partition coefficient (Wildman–Crippen LogP) is 5.81. The van der Waals surface area contributed by atoms with Crippen molar-refractivity contribution in [2.24, 2.45) is 0 Å². The molecule has 0 saturated heterocycles. The van der Waals surface area contributed by atoms with Crippen LogP contribution in [-0.2, 0) is 6.61 Å². The van der Waals surface area contributed by atoms with E-state index in [0.29, 0.717) is 29.5 Å². The number of hydrogen-bond donors (Lipinski definition) is 1. The third-order valence-electron chi connectivity index (χ3n) is 4.48. The van der Waals surface area contributed by atoms with Gasteiger partial charge in [-0.2, -0.15) is 0 Å². The van der Waals surface area contributed by atoms with Crippen LogP contribution in [-0.4, -0.2) is 12.5 Å². The quantitative estimate of drug-likeness (QED) is 0.510. The third kappa shape index (κ3) is 5.75. The van der Waals surface area contributed by atoms with E-state index < -0.39 is 0 Å². The number of ether oxygens (including phenoxy) is 2. The average Bonchev–Trinajstić information content (AvgIpc) is 2.74. The van der Waals surface area contributed by atoms with Gasteiger partial charge in [-0.25, -0.2) is 0 Å². The number of carbonyl (C=O) groups is 1. The number of amides is 1. The third-order valence-corrected chi connectivity index (χ3v) is 4.73. The van der Waals surface area contributed by atoms with Gasteiger partial charge in [-0.1, -0.05) is 41.9 Å². The zero-order valence-electron chi connectivity index (χ0n) is 16.5.